The van der Waals surface area contributed by atoms with Gasteiger partial charge in [-0.1, -0.05) is 36.4 Å². The SMILES string of the molecule is COc1cccc(COC(C)C(=O)Nc2cccc(S(=O)(=O)N(C)c3ccccc3)c2)c1. The van der Waals surface area contributed by atoms with E-state index in [-0.39, 0.29) is 17.4 Å². The summed E-state index contributed by atoms with van der Waals surface area (Å²) in [6, 6.07) is 22.3. The largest absolute Gasteiger partial charge is 0.497 e. The molecule has 0 saturated heterocycles. The van der Waals surface area contributed by atoms with Crippen LogP contribution in [0, 0.1) is 0 Å². The molecular formula is C24H26N2O5S. The van der Waals surface area contributed by atoms with Gasteiger partial charge >= 0.3 is 0 Å². The average molecular weight is 455 g/mol. The first kappa shape index (κ1) is 23.3. The number of para-hydroxylation sites is 1. The van der Waals surface area contributed by atoms with Crippen molar-refractivity contribution >= 4 is 27.3 Å². The smallest absolute Gasteiger partial charge is 0.264 e. The number of hydrogen-bond donors (Lipinski definition) is 1. The number of ether oxygens (including phenoxy) is 2. The molecule has 0 aliphatic rings. The summed E-state index contributed by atoms with van der Waals surface area (Å²) in [5, 5.41) is 2.72. The van der Waals surface area contributed by atoms with Crippen LogP contribution in [-0.2, 0) is 26.2 Å². The molecule has 0 saturated carbocycles. The highest BCUT2D eigenvalue weighted by molar-refractivity contribution is 7.92. The molecule has 0 aliphatic heterocycles. The van der Waals surface area contributed by atoms with Gasteiger partial charge in [-0.2, -0.15) is 0 Å². The molecule has 8 heteroatoms. The topological polar surface area (TPSA) is 84.9 Å². The lowest BCUT2D eigenvalue weighted by Gasteiger charge is -2.20. The maximum Gasteiger partial charge on any atom is 0.264 e. The van der Waals surface area contributed by atoms with Gasteiger partial charge in [0.15, 0.2) is 0 Å². The fraction of sp³-hybridized carbons (Fsp3) is 0.208. The highest BCUT2D eigenvalue weighted by atomic mass is 32.2. The number of nitrogens with one attached hydrogen (secondary N) is 1. The van der Waals surface area contributed by atoms with Crippen LogP contribution in [0.4, 0.5) is 11.4 Å². The van der Waals surface area contributed by atoms with Crippen molar-refractivity contribution in [2.75, 3.05) is 23.8 Å². The quantitative estimate of drug-likeness (QED) is 0.527. The van der Waals surface area contributed by atoms with E-state index in [0.29, 0.717) is 17.1 Å². The molecule has 32 heavy (non-hydrogen) atoms. The molecule has 0 bridgehead atoms. The predicted molar refractivity (Wildman–Crippen MR) is 124 cm³/mol. The first-order valence-electron chi connectivity index (χ1n) is 10.0. The lowest BCUT2D eigenvalue weighted by molar-refractivity contribution is -0.127. The maximum atomic E-state index is 13.0. The number of hydrogen-bond acceptors (Lipinski definition) is 5. The molecule has 3 aromatic rings. The van der Waals surface area contributed by atoms with E-state index in [0.717, 1.165) is 5.56 Å². The summed E-state index contributed by atoms with van der Waals surface area (Å²) >= 11 is 0. The molecular weight excluding hydrogens is 428 g/mol. The second kappa shape index (κ2) is 10.3. The fourth-order valence-electron chi connectivity index (χ4n) is 2.97. The Bertz CT molecular complexity index is 1170. The average Bonchev–Trinajstić information content (AvgIpc) is 2.82. The Morgan fingerprint density at radius 1 is 1.00 bits per heavy atom. The standard InChI is InChI=1S/C24H26N2O5S/c1-18(31-17-19-9-7-13-22(15-19)30-3)24(27)25-20-10-8-14-23(16-20)32(28,29)26(2)21-11-5-4-6-12-21/h4-16,18H,17H2,1-3H3,(H,25,27). The minimum Gasteiger partial charge on any atom is -0.497 e. The Kier molecular flexibility index (Phi) is 7.50. The van der Waals surface area contributed by atoms with Crippen molar-refractivity contribution in [1.82, 2.24) is 0 Å². The number of benzene rings is 3. The molecule has 3 rings (SSSR count). The second-order valence-electron chi connectivity index (χ2n) is 7.13. The van der Waals surface area contributed by atoms with Gasteiger partial charge in [-0.05, 0) is 55.0 Å². The summed E-state index contributed by atoms with van der Waals surface area (Å²) in [4.78, 5) is 12.6. The first-order valence-corrected chi connectivity index (χ1v) is 11.4. The Morgan fingerprint density at radius 2 is 1.72 bits per heavy atom. The van der Waals surface area contributed by atoms with Crippen molar-refractivity contribution in [3.05, 3.63) is 84.4 Å². The van der Waals surface area contributed by atoms with Gasteiger partial charge in [0, 0.05) is 12.7 Å². The van der Waals surface area contributed by atoms with Gasteiger partial charge in [-0.15, -0.1) is 0 Å². The van der Waals surface area contributed by atoms with Crippen LogP contribution < -0.4 is 14.4 Å². The first-order chi connectivity index (χ1) is 15.3. The van der Waals surface area contributed by atoms with Crippen molar-refractivity contribution in [3.63, 3.8) is 0 Å². The molecule has 3 aromatic carbocycles. The lowest BCUT2D eigenvalue weighted by atomic mass is 10.2. The Morgan fingerprint density at radius 3 is 2.44 bits per heavy atom. The van der Waals surface area contributed by atoms with E-state index >= 15 is 0 Å². The van der Waals surface area contributed by atoms with Crippen molar-refractivity contribution in [2.24, 2.45) is 0 Å². The normalized spacial score (nSPS) is 12.1. The van der Waals surface area contributed by atoms with Crippen LogP contribution in [-0.4, -0.2) is 34.6 Å². The van der Waals surface area contributed by atoms with Crippen LogP contribution in [0.5, 0.6) is 5.75 Å². The van der Waals surface area contributed by atoms with E-state index in [1.165, 1.54) is 23.5 Å². The monoisotopic (exact) mass is 454 g/mol. The summed E-state index contributed by atoms with van der Waals surface area (Å²) in [5.41, 5.74) is 1.79. The number of carbonyl (C=O) groups excluding carboxylic acids is 1. The minimum absolute atomic E-state index is 0.0756. The van der Waals surface area contributed by atoms with Crippen LogP contribution in [0.25, 0.3) is 0 Å². The number of nitrogens with zero attached hydrogens (tertiary/aromatic N) is 1. The van der Waals surface area contributed by atoms with Gasteiger partial charge in [-0.25, -0.2) is 8.42 Å². The summed E-state index contributed by atoms with van der Waals surface area (Å²) in [5.74, 6) is 0.334. The van der Waals surface area contributed by atoms with E-state index in [9.17, 15) is 13.2 Å². The van der Waals surface area contributed by atoms with Gasteiger partial charge in [0.25, 0.3) is 15.9 Å². The van der Waals surface area contributed by atoms with Crippen LogP contribution >= 0.6 is 0 Å². The van der Waals surface area contributed by atoms with Crippen LogP contribution in [0.3, 0.4) is 0 Å². The highest BCUT2D eigenvalue weighted by Gasteiger charge is 2.22. The van der Waals surface area contributed by atoms with E-state index < -0.39 is 16.1 Å². The summed E-state index contributed by atoms with van der Waals surface area (Å²) in [6.07, 6.45) is -0.742. The summed E-state index contributed by atoms with van der Waals surface area (Å²) in [6.45, 7) is 1.88. The molecule has 0 heterocycles. The minimum atomic E-state index is -3.78. The van der Waals surface area contributed by atoms with Crippen LogP contribution in [0.1, 0.15) is 12.5 Å². The third-order valence-electron chi connectivity index (χ3n) is 4.88. The molecule has 1 amide bonds. The third kappa shape index (κ3) is 5.66. The van der Waals surface area contributed by atoms with Crippen LogP contribution in [0.15, 0.2) is 83.8 Å². The van der Waals surface area contributed by atoms with Crippen molar-refractivity contribution < 1.29 is 22.7 Å². The zero-order valence-corrected chi connectivity index (χ0v) is 19.0. The maximum absolute atomic E-state index is 13.0. The number of rotatable bonds is 9. The summed E-state index contributed by atoms with van der Waals surface area (Å²) < 4.78 is 38.0. The van der Waals surface area contributed by atoms with Crippen molar-refractivity contribution in [3.8, 4) is 5.75 Å². The lowest BCUT2D eigenvalue weighted by Crippen LogP contribution is -2.28. The van der Waals surface area contributed by atoms with Crippen LogP contribution in [0.2, 0.25) is 0 Å². The Balaban J connectivity index is 1.66. The molecule has 0 fully saturated rings. The highest BCUT2D eigenvalue weighted by Crippen LogP contribution is 2.24. The molecule has 1 N–H and O–H groups in total. The van der Waals surface area contributed by atoms with Gasteiger partial charge in [0.2, 0.25) is 0 Å². The Hall–Kier alpha value is -3.36. The zero-order valence-electron chi connectivity index (χ0n) is 18.2. The number of sulfonamides is 1. The van der Waals surface area contributed by atoms with Gasteiger partial charge in [0.05, 0.1) is 24.3 Å². The summed E-state index contributed by atoms with van der Waals surface area (Å²) in [7, 11) is -0.709. The molecule has 0 aliphatic carbocycles. The van der Waals surface area contributed by atoms with Gasteiger partial charge < -0.3 is 14.8 Å². The number of methoxy groups -OCH3 is 1. The van der Waals surface area contributed by atoms with Crippen molar-refractivity contribution in [1.29, 1.82) is 0 Å². The van der Waals surface area contributed by atoms with E-state index in [1.54, 1.807) is 50.4 Å². The van der Waals surface area contributed by atoms with E-state index in [1.807, 2.05) is 30.3 Å². The molecule has 168 valence electrons. The Labute approximate surface area is 188 Å². The molecule has 0 radical (unpaired) electrons. The molecule has 7 nitrogen and oxygen atoms in total. The van der Waals surface area contributed by atoms with Gasteiger partial charge in [0.1, 0.15) is 11.9 Å². The molecule has 0 spiro atoms. The predicted octanol–water partition coefficient (Wildman–Crippen LogP) is 4.06. The van der Waals surface area contributed by atoms with E-state index in [4.69, 9.17) is 9.47 Å². The molecule has 1 unspecified atom stereocenters. The second-order valence-corrected chi connectivity index (χ2v) is 9.10. The van der Waals surface area contributed by atoms with E-state index in [2.05, 4.69) is 5.32 Å². The number of amides is 1. The zero-order chi connectivity index (χ0) is 23.1. The number of anilines is 2. The molecule has 0 aromatic heterocycles. The third-order valence-corrected chi connectivity index (χ3v) is 6.66. The van der Waals surface area contributed by atoms with Crippen molar-refractivity contribution in [2.45, 2.75) is 24.5 Å². The number of carbonyl (C=O) groups is 1. The molecule has 1 atom stereocenters. The fourth-order valence-corrected chi connectivity index (χ4v) is 4.21. The van der Waals surface area contributed by atoms with Gasteiger partial charge in [-0.3, -0.25) is 9.10 Å².